The molecule has 0 N–H and O–H groups in total. The van der Waals surface area contributed by atoms with Crippen LogP contribution in [0, 0.1) is 6.42 Å². The van der Waals surface area contributed by atoms with Gasteiger partial charge in [0.1, 0.15) is 0 Å². The Labute approximate surface area is 73.0 Å². The lowest BCUT2D eigenvalue weighted by atomic mass is 10.1. The minimum atomic E-state index is -0.0204. The molecule has 1 radical (unpaired) electrons. The van der Waals surface area contributed by atoms with E-state index in [4.69, 9.17) is 4.74 Å². The van der Waals surface area contributed by atoms with E-state index in [0.29, 0.717) is 13.1 Å². The Hall–Kier alpha value is -0.830. The maximum absolute atomic E-state index is 11.2. The van der Waals surface area contributed by atoms with Crippen LogP contribution in [0.2, 0.25) is 0 Å². The lowest BCUT2D eigenvalue weighted by Gasteiger charge is -2.30. The summed E-state index contributed by atoms with van der Waals surface area (Å²) in [6.07, 6.45) is 4.48. The van der Waals surface area contributed by atoms with Crippen LogP contribution in [0.1, 0.15) is 6.42 Å². The van der Waals surface area contributed by atoms with Crippen molar-refractivity contribution in [2.75, 3.05) is 20.2 Å². The van der Waals surface area contributed by atoms with Crippen molar-refractivity contribution < 1.29 is 9.53 Å². The summed E-state index contributed by atoms with van der Waals surface area (Å²) in [5.41, 5.74) is 0. The molecule has 0 aromatic rings. The molecule has 1 rings (SSSR count). The first-order valence-corrected chi connectivity index (χ1v) is 4.03. The van der Waals surface area contributed by atoms with Crippen LogP contribution in [0.3, 0.4) is 0 Å². The van der Waals surface area contributed by atoms with Gasteiger partial charge >= 0.3 is 0 Å². The smallest absolute Gasteiger partial charge is 0.246 e. The highest BCUT2D eigenvalue weighted by atomic mass is 16.5. The Morgan fingerprint density at radius 1 is 1.83 bits per heavy atom. The highest BCUT2D eigenvalue weighted by Crippen LogP contribution is 2.11. The number of amides is 1. The monoisotopic (exact) mass is 168 g/mol. The topological polar surface area (TPSA) is 29.5 Å². The lowest BCUT2D eigenvalue weighted by Crippen LogP contribution is -2.42. The number of ether oxygens (including phenoxy) is 1. The number of hydrogen-bond acceptors (Lipinski definition) is 2. The van der Waals surface area contributed by atoms with E-state index in [9.17, 15) is 4.79 Å². The van der Waals surface area contributed by atoms with Gasteiger partial charge in [0, 0.05) is 20.2 Å². The molecule has 3 heteroatoms. The highest BCUT2D eigenvalue weighted by Gasteiger charge is 2.21. The molecule has 0 aromatic heterocycles. The normalized spacial score (nSPS) is 23.8. The average molecular weight is 168 g/mol. The van der Waals surface area contributed by atoms with Crippen molar-refractivity contribution in [1.29, 1.82) is 0 Å². The third-order valence-electron chi connectivity index (χ3n) is 2.02. The second-order valence-corrected chi connectivity index (χ2v) is 2.83. The summed E-state index contributed by atoms with van der Waals surface area (Å²) in [6, 6.07) is 0. The van der Waals surface area contributed by atoms with Crippen LogP contribution in [0.4, 0.5) is 0 Å². The van der Waals surface area contributed by atoms with Crippen molar-refractivity contribution in [2.24, 2.45) is 0 Å². The van der Waals surface area contributed by atoms with Gasteiger partial charge in [0.05, 0.1) is 6.10 Å². The highest BCUT2D eigenvalue weighted by molar-refractivity contribution is 5.87. The van der Waals surface area contributed by atoms with E-state index in [2.05, 4.69) is 13.0 Å². The van der Waals surface area contributed by atoms with Crippen LogP contribution in [0.25, 0.3) is 0 Å². The fraction of sp³-hybridized carbons (Fsp3) is 0.556. The third-order valence-corrected chi connectivity index (χ3v) is 2.02. The Bertz CT molecular complexity index is 179. The maximum Gasteiger partial charge on any atom is 0.246 e. The van der Waals surface area contributed by atoms with E-state index in [1.165, 1.54) is 6.08 Å². The minimum absolute atomic E-state index is 0.0204. The zero-order valence-electron chi connectivity index (χ0n) is 7.32. The molecular formula is C9H14NO2. The Kier molecular flexibility index (Phi) is 3.29. The van der Waals surface area contributed by atoms with Crippen molar-refractivity contribution in [2.45, 2.75) is 12.5 Å². The molecule has 0 saturated carbocycles. The summed E-state index contributed by atoms with van der Waals surface area (Å²) in [5, 5.41) is 0. The summed E-state index contributed by atoms with van der Waals surface area (Å²) in [6.45, 7) is 4.83. The van der Waals surface area contributed by atoms with E-state index in [1.807, 2.05) is 0 Å². The molecule has 1 aliphatic heterocycles. The standard InChI is InChI=1S/C9H14NO2/c1-3-9(11)10-6-4-5-8(7-10)12-2/h3-4,8H,1,5-7H2,2H3. The van der Waals surface area contributed by atoms with Crippen LogP contribution in [-0.4, -0.2) is 37.1 Å². The van der Waals surface area contributed by atoms with E-state index >= 15 is 0 Å². The van der Waals surface area contributed by atoms with Crippen LogP contribution in [-0.2, 0) is 9.53 Å². The first kappa shape index (κ1) is 9.26. The molecule has 67 valence electrons. The van der Waals surface area contributed by atoms with Gasteiger partial charge in [0.25, 0.3) is 0 Å². The van der Waals surface area contributed by atoms with Crippen LogP contribution in [0.15, 0.2) is 12.7 Å². The van der Waals surface area contributed by atoms with Gasteiger partial charge in [-0.1, -0.05) is 6.58 Å². The quantitative estimate of drug-likeness (QED) is 0.566. The predicted molar refractivity (Wildman–Crippen MR) is 46.5 cm³/mol. The van der Waals surface area contributed by atoms with Crippen molar-refractivity contribution in [1.82, 2.24) is 4.90 Å². The minimum Gasteiger partial charge on any atom is -0.380 e. The largest absolute Gasteiger partial charge is 0.380 e. The molecule has 0 aliphatic carbocycles. The molecular weight excluding hydrogens is 154 g/mol. The average Bonchev–Trinajstić information content (AvgIpc) is 2.17. The van der Waals surface area contributed by atoms with Gasteiger partial charge in [-0.25, -0.2) is 0 Å². The fourth-order valence-corrected chi connectivity index (χ4v) is 1.29. The number of hydrogen-bond donors (Lipinski definition) is 0. The van der Waals surface area contributed by atoms with Crippen molar-refractivity contribution in [3.8, 4) is 0 Å². The Morgan fingerprint density at radius 2 is 2.58 bits per heavy atom. The fourth-order valence-electron chi connectivity index (χ4n) is 1.29. The van der Waals surface area contributed by atoms with Gasteiger partial charge in [-0.2, -0.15) is 0 Å². The number of carbonyl (C=O) groups is 1. The van der Waals surface area contributed by atoms with E-state index < -0.39 is 0 Å². The molecule has 1 saturated heterocycles. The van der Waals surface area contributed by atoms with Crippen LogP contribution in [0.5, 0.6) is 0 Å². The Morgan fingerprint density at radius 3 is 3.17 bits per heavy atom. The number of likely N-dealkylation sites (tertiary alicyclic amines) is 1. The molecule has 0 spiro atoms. The van der Waals surface area contributed by atoms with Crippen molar-refractivity contribution in [3.05, 3.63) is 19.1 Å². The number of methoxy groups -OCH3 is 1. The van der Waals surface area contributed by atoms with Gasteiger partial charge in [0.15, 0.2) is 0 Å². The molecule has 1 unspecified atom stereocenters. The second-order valence-electron chi connectivity index (χ2n) is 2.83. The van der Waals surface area contributed by atoms with Gasteiger partial charge < -0.3 is 9.64 Å². The van der Waals surface area contributed by atoms with E-state index in [-0.39, 0.29) is 12.0 Å². The van der Waals surface area contributed by atoms with Crippen LogP contribution >= 0.6 is 0 Å². The van der Waals surface area contributed by atoms with Crippen molar-refractivity contribution >= 4 is 5.91 Å². The summed E-state index contributed by atoms with van der Waals surface area (Å²) in [5.74, 6) is -0.0204. The SMILES string of the molecule is C=CC(=O)N1C[CH]CC(OC)C1. The molecule has 1 amide bonds. The first-order chi connectivity index (χ1) is 5.77. The summed E-state index contributed by atoms with van der Waals surface area (Å²) >= 11 is 0. The first-order valence-electron chi connectivity index (χ1n) is 4.03. The molecule has 0 bridgehead atoms. The van der Waals surface area contributed by atoms with Crippen molar-refractivity contribution in [3.63, 3.8) is 0 Å². The lowest BCUT2D eigenvalue weighted by molar-refractivity contribution is -0.128. The van der Waals surface area contributed by atoms with E-state index in [0.717, 1.165) is 6.42 Å². The molecule has 1 fully saturated rings. The Balaban J connectivity index is 2.45. The molecule has 3 nitrogen and oxygen atoms in total. The summed E-state index contributed by atoms with van der Waals surface area (Å²) in [4.78, 5) is 12.9. The molecule has 1 atom stereocenters. The molecule has 1 heterocycles. The molecule has 1 aliphatic rings. The zero-order valence-corrected chi connectivity index (χ0v) is 7.32. The van der Waals surface area contributed by atoms with Gasteiger partial charge in [0.2, 0.25) is 5.91 Å². The van der Waals surface area contributed by atoms with E-state index in [1.54, 1.807) is 12.0 Å². The molecule has 12 heavy (non-hydrogen) atoms. The second kappa shape index (κ2) is 4.26. The van der Waals surface area contributed by atoms with Gasteiger partial charge in [-0.05, 0) is 18.9 Å². The number of piperidine rings is 1. The van der Waals surface area contributed by atoms with Crippen LogP contribution < -0.4 is 0 Å². The predicted octanol–water partition coefficient (Wildman–Crippen LogP) is 0.624. The number of carbonyl (C=O) groups excluding carboxylic acids is 1. The third kappa shape index (κ3) is 2.08. The summed E-state index contributed by atoms with van der Waals surface area (Å²) < 4.78 is 5.16. The molecule has 0 aromatic carbocycles. The van der Waals surface area contributed by atoms with Gasteiger partial charge in [-0.3, -0.25) is 4.79 Å². The number of rotatable bonds is 2. The summed E-state index contributed by atoms with van der Waals surface area (Å²) in [7, 11) is 1.67. The zero-order chi connectivity index (χ0) is 8.97. The van der Waals surface area contributed by atoms with Gasteiger partial charge in [-0.15, -0.1) is 0 Å². The number of nitrogens with zero attached hydrogens (tertiary/aromatic N) is 1. The maximum atomic E-state index is 11.2.